The molecule has 0 aliphatic rings. The first kappa shape index (κ1) is 41.7. The molecule has 4 aromatic rings. The molecule has 4 aromatic carbocycles. The number of ether oxygens (including phenoxy) is 10. The Hall–Kier alpha value is -7.03. The topological polar surface area (TPSA) is 168 Å². The van der Waals surface area contributed by atoms with E-state index in [2.05, 4.69) is 10.6 Å². The quantitative estimate of drug-likeness (QED) is 0.0792. The van der Waals surface area contributed by atoms with Gasteiger partial charge in [-0.3, -0.25) is 9.59 Å². The summed E-state index contributed by atoms with van der Waals surface area (Å²) < 4.78 is 53.9. The van der Waals surface area contributed by atoms with Gasteiger partial charge in [0, 0.05) is 58.9 Å². The molecule has 2 N–H and O–H groups in total. The highest BCUT2D eigenvalue weighted by molar-refractivity contribution is 6.03. The van der Waals surface area contributed by atoms with Crippen molar-refractivity contribution >= 4 is 41.5 Å². The number of carbonyl (C=O) groups excluding carboxylic acids is 3. The molecule has 2 amide bonds. The summed E-state index contributed by atoms with van der Waals surface area (Å²) in [5.74, 6) is 2.84. The summed E-state index contributed by atoms with van der Waals surface area (Å²) in [6.45, 7) is -0.462. The number of hydrogen-bond donors (Lipinski definition) is 2. The first-order chi connectivity index (χ1) is 27.1. The number of hydrogen-bond acceptors (Lipinski definition) is 13. The second-order valence-electron chi connectivity index (χ2n) is 11.4. The van der Waals surface area contributed by atoms with Crippen molar-refractivity contribution < 1.29 is 61.8 Å². The van der Waals surface area contributed by atoms with E-state index in [0.29, 0.717) is 79.6 Å². The molecule has 0 radical (unpaired) electrons. The summed E-state index contributed by atoms with van der Waals surface area (Å²) >= 11 is 0. The molecule has 0 aliphatic carbocycles. The molecule has 0 aliphatic heterocycles. The van der Waals surface area contributed by atoms with E-state index in [1.165, 1.54) is 69.0 Å². The van der Waals surface area contributed by atoms with E-state index >= 15 is 0 Å². The van der Waals surface area contributed by atoms with Gasteiger partial charge < -0.3 is 58.0 Å². The Labute approximate surface area is 324 Å². The second-order valence-corrected chi connectivity index (χ2v) is 11.4. The maximum atomic E-state index is 12.9. The van der Waals surface area contributed by atoms with Gasteiger partial charge in [0.1, 0.15) is 59.2 Å². The SMILES string of the molecule is COc1cc(OC)c(/C=C/C(=O)Nc2ccc(OC)c(COC(=O)OCc3cc(NC(=O)/C=C/c4c(OC)cc(OC)cc4OC)ccc3OC)c2)c(OC)c1. The molecule has 56 heavy (non-hydrogen) atoms. The van der Waals surface area contributed by atoms with Gasteiger partial charge in [-0.25, -0.2) is 4.79 Å². The first-order valence-corrected chi connectivity index (χ1v) is 16.8. The number of nitrogens with one attached hydrogen (secondary N) is 2. The van der Waals surface area contributed by atoms with E-state index in [4.69, 9.17) is 47.4 Å². The number of rotatable bonds is 18. The fourth-order valence-electron chi connectivity index (χ4n) is 5.33. The van der Waals surface area contributed by atoms with Crippen LogP contribution >= 0.6 is 0 Å². The lowest BCUT2D eigenvalue weighted by Crippen LogP contribution is -2.11. The number of anilines is 2. The average Bonchev–Trinajstić information content (AvgIpc) is 3.22. The maximum absolute atomic E-state index is 12.9. The summed E-state index contributed by atoms with van der Waals surface area (Å²) in [4.78, 5) is 38.4. The van der Waals surface area contributed by atoms with Crippen molar-refractivity contribution in [3.8, 4) is 46.0 Å². The van der Waals surface area contributed by atoms with Crippen LogP contribution in [0, 0.1) is 0 Å². The lowest BCUT2D eigenvalue weighted by atomic mass is 10.1. The number of benzene rings is 4. The summed E-state index contributed by atoms with van der Waals surface area (Å²) in [5, 5.41) is 5.55. The van der Waals surface area contributed by atoms with Crippen molar-refractivity contribution in [3.63, 3.8) is 0 Å². The van der Waals surface area contributed by atoms with Crippen molar-refractivity contribution in [2.45, 2.75) is 13.2 Å². The van der Waals surface area contributed by atoms with Crippen LogP contribution in [0.3, 0.4) is 0 Å². The monoisotopic (exact) mass is 772 g/mol. The van der Waals surface area contributed by atoms with Gasteiger partial charge in [0.25, 0.3) is 0 Å². The molecule has 15 heteroatoms. The van der Waals surface area contributed by atoms with Crippen molar-refractivity contribution in [3.05, 3.63) is 95.1 Å². The molecule has 0 heterocycles. The van der Waals surface area contributed by atoms with Crippen LogP contribution in [0.1, 0.15) is 22.3 Å². The predicted molar refractivity (Wildman–Crippen MR) is 208 cm³/mol. The van der Waals surface area contributed by atoms with Crippen LogP contribution in [-0.4, -0.2) is 74.8 Å². The van der Waals surface area contributed by atoms with Crippen molar-refractivity contribution in [2.24, 2.45) is 0 Å². The highest BCUT2D eigenvalue weighted by Gasteiger charge is 2.16. The smallest absolute Gasteiger partial charge is 0.496 e. The Morgan fingerprint density at radius 2 is 0.804 bits per heavy atom. The lowest BCUT2D eigenvalue weighted by Gasteiger charge is -2.14. The van der Waals surface area contributed by atoms with Gasteiger partial charge in [-0.2, -0.15) is 0 Å². The molecule has 0 unspecified atom stereocenters. The zero-order valence-electron chi connectivity index (χ0n) is 32.3. The minimum atomic E-state index is -0.978. The molecular formula is C41H44N2O13. The van der Waals surface area contributed by atoms with Crippen LogP contribution in [0.15, 0.2) is 72.8 Å². The normalized spacial score (nSPS) is 10.7. The summed E-state index contributed by atoms with van der Waals surface area (Å²) in [7, 11) is 12.0. The maximum Gasteiger partial charge on any atom is 0.508 e. The van der Waals surface area contributed by atoms with Crippen molar-refractivity contribution in [1.29, 1.82) is 0 Å². The van der Waals surface area contributed by atoms with E-state index in [1.807, 2.05) is 0 Å². The Morgan fingerprint density at radius 3 is 1.11 bits per heavy atom. The van der Waals surface area contributed by atoms with Crippen LogP contribution in [0.5, 0.6) is 46.0 Å². The molecule has 15 nitrogen and oxygen atoms in total. The fourth-order valence-corrected chi connectivity index (χ4v) is 5.33. The number of carbonyl (C=O) groups is 3. The van der Waals surface area contributed by atoms with E-state index in [1.54, 1.807) is 72.8 Å². The Balaban J connectivity index is 1.37. The summed E-state index contributed by atoms with van der Waals surface area (Å²) in [6, 6.07) is 16.5. The number of methoxy groups -OCH3 is 8. The molecule has 4 rings (SSSR count). The van der Waals surface area contributed by atoms with Gasteiger partial charge in [0.2, 0.25) is 11.8 Å². The summed E-state index contributed by atoms with van der Waals surface area (Å²) in [5.41, 5.74) is 2.85. The van der Waals surface area contributed by atoms with Gasteiger partial charge in [0.15, 0.2) is 0 Å². The van der Waals surface area contributed by atoms with Crippen LogP contribution in [-0.2, 0) is 32.3 Å². The minimum absolute atomic E-state index is 0.231. The molecule has 0 aromatic heterocycles. The predicted octanol–water partition coefficient (Wildman–Crippen LogP) is 6.91. The molecule has 296 valence electrons. The third-order valence-electron chi connectivity index (χ3n) is 8.10. The van der Waals surface area contributed by atoms with E-state index < -0.39 is 18.0 Å². The van der Waals surface area contributed by atoms with Crippen LogP contribution in [0.25, 0.3) is 12.2 Å². The van der Waals surface area contributed by atoms with Crippen molar-refractivity contribution in [2.75, 3.05) is 67.5 Å². The van der Waals surface area contributed by atoms with E-state index in [9.17, 15) is 14.4 Å². The molecule has 0 bridgehead atoms. The van der Waals surface area contributed by atoms with Crippen LogP contribution < -0.4 is 48.5 Å². The van der Waals surface area contributed by atoms with Gasteiger partial charge in [0.05, 0.1) is 68.0 Å². The Kier molecular flexibility index (Phi) is 15.2. The molecule has 0 saturated heterocycles. The molecule has 0 fully saturated rings. The standard InChI is InChI=1S/C41H44N2O13/c1-47-29-19-35(51-5)31(36(20-29)52-6)11-15-39(44)42-27-9-13-33(49-3)25(17-27)23-55-41(46)56-24-26-18-28(10-14-34(26)50-4)43-40(45)16-12-32-37(53-7)21-30(48-2)22-38(32)54-8/h9-22H,23-24H2,1-8H3,(H,42,44)(H,43,45)/b15-11+,16-12+. The first-order valence-electron chi connectivity index (χ1n) is 16.8. The molecular weight excluding hydrogens is 728 g/mol. The zero-order valence-corrected chi connectivity index (χ0v) is 32.3. The zero-order chi connectivity index (χ0) is 40.6. The highest BCUT2D eigenvalue weighted by Crippen LogP contribution is 2.36. The highest BCUT2D eigenvalue weighted by atomic mass is 16.7. The number of amides is 2. The van der Waals surface area contributed by atoms with Crippen LogP contribution in [0.2, 0.25) is 0 Å². The second kappa shape index (κ2) is 20.4. The fraction of sp³-hybridized carbons (Fsp3) is 0.244. The molecule has 0 saturated carbocycles. The van der Waals surface area contributed by atoms with Gasteiger partial charge >= 0.3 is 6.16 Å². The van der Waals surface area contributed by atoms with Gasteiger partial charge in [-0.1, -0.05) is 0 Å². The van der Waals surface area contributed by atoms with Crippen LogP contribution in [0.4, 0.5) is 16.2 Å². The van der Waals surface area contributed by atoms with E-state index in [-0.39, 0.29) is 13.2 Å². The van der Waals surface area contributed by atoms with Gasteiger partial charge in [-0.05, 0) is 48.6 Å². The molecule has 0 spiro atoms. The Morgan fingerprint density at radius 1 is 0.464 bits per heavy atom. The third-order valence-corrected chi connectivity index (χ3v) is 8.10. The Bertz CT molecular complexity index is 1880. The minimum Gasteiger partial charge on any atom is -0.496 e. The lowest BCUT2D eigenvalue weighted by molar-refractivity contribution is -0.112. The third kappa shape index (κ3) is 11.0. The van der Waals surface area contributed by atoms with E-state index in [0.717, 1.165) is 0 Å². The van der Waals surface area contributed by atoms with Crippen molar-refractivity contribution in [1.82, 2.24) is 0 Å². The molecule has 0 atom stereocenters. The average molecular weight is 773 g/mol. The van der Waals surface area contributed by atoms with Gasteiger partial charge in [-0.15, -0.1) is 0 Å². The largest absolute Gasteiger partial charge is 0.508 e. The summed E-state index contributed by atoms with van der Waals surface area (Å²) in [6.07, 6.45) is 4.80.